The van der Waals surface area contributed by atoms with E-state index in [1.807, 2.05) is 6.92 Å². The smallest absolute Gasteiger partial charge is 0.279 e. The van der Waals surface area contributed by atoms with Gasteiger partial charge in [-0.3, -0.25) is 9.69 Å². The van der Waals surface area contributed by atoms with Crippen molar-refractivity contribution in [3.05, 3.63) is 0 Å². The van der Waals surface area contributed by atoms with Crippen LogP contribution < -0.4 is 4.72 Å². The predicted molar refractivity (Wildman–Crippen MR) is 87.2 cm³/mol. The Morgan fingerprint density at radius 3 is 2.35 bits per heavy atom. The molecule has 2 heterocycles. The van der Waals surface area contributed by atoms with Gasteiger partial charge in [0.1, 0.15) is 0 Å². The normalized spacial score (nSPS) is 21.5. The van der Waals surface area contributed by atoms with Crippen molar-refractivity contribution in [3.63, 3.8) is 0 Å². The van der Waals surface area contributed by atoms with Gasteiger partial charge < -0.3 is 9.64 Å². The van der Waals surface area contributed by atoms with Gasteiger partial charge in [-0.05, 0) is 6.42 Å². The minimum atomic E-state index is -3.40. The molecule has 0 spiro atoms. The van der Waals surface area contributed by atoms with Crippen molar-refractivity contribution in [1.82, 2.24) is 18.8 Å². The Kier molecular flexibility index (Phi) is 7.22. The van der Waals surface area contributed by atoms with Crippen LogP contribution in [0.2, 0.25) is 0 Å². The maximum absolute atomic E-state index is 12.3. The van der Waals surface area contributed by atoms with Crippen molar-refractivity contribution < 1.29 is 17.9 Å². The summed E-state index contributed by atoms with van der Waals surface area (Å²) in [5, 5.41) is 0. The summed E-state index contributed by atoms with van der Waals surface area (Å²) in [6, 6.07) is 0. The molecule has 0 bridgehead atoms. The SMILES string of the molecule is CCCNS(=O)(=O)N1CCN(C(=O)CCN2CCOCC2)CC1. The molecule has 23 heavy (non-hydrogen) atoms. The number of carbonyl (C=O) groups excluding carboxylic acids is 1. The molecule has 8 nitrogen and oxygen atoms in total. The van der Waals surface area contributed by atoms with Gasteiger partial charge in [-0.2, -0.15) is 12.7 Å². The van der Waals surface area contributed by atoms with Crippen molar-refractivity contribution in [3.8, 4) is 0 Å². The standard InChI is InChI=1S/C14H28N4O4S/c1-2-4-15-23(20,21)18-8-6-17(7-9-18)14(19)3-5-16-10-12-22-13-11-16/h15H,2-13H2,1H3. The Balaban J connectivity index is 1.71. The first-order chi connectivity index (χ1) is 11.0. The van der Waals surface area contributed by atoms with Gasteiger partial charge in [0, 0.05) is 58.8 Å². The van der Waals surface area contributed by atoms with E-state index in [9.17, 15) is 13.2 Å². The number of rotatable bonds is 7. The lowest BCUT2D eigenvalue weighted by molar-refractivity contribution is -0.133. The quantitative estimate of drug-likeness (QED) is 0.645. The number of nitrogens with one attached hydrogen (secondary N) is 1. The first kappa shape index (κ1) is 18.6. The zero-order chi connectivity index (χ0) is 16.7. The summed E-state index contributed by atoms with van der Waals surface area (Å²) in [4.78, 5) is 16.3. The molecule has 0 aromatic rings. The zero-order valence-corrected chi connectivity index (χ0v) is 14.7. The summed E-state index contributed by atoms with van der Waals surface area (Å²) in [5.41, 5.74) is 0. The molecule has 0 aromatic heterocycles. The fraction of sp³-hybridized carbons (Fsp3) is 0.929. The largest absolute Gasteiger partial charge is 0.379 e. The van der Waals surface area contributed by atoms with Gasteiger partial charge in [0.2, 0.25) is 5.91 Å². The highest BCUT2D eigenvalue weighted by atomic mass is 32.2. The maximum Gasteiger partial charge on any atom is 0.279 e. The second kappa shape index (κ2) is 8.93. The molecule has 0 aromatic carbocycles. The van der Waals surface area contributed by atoms with Crippen LogP contribution in [-0.2, 0) is 19.7 Å². The molecule has 9 heteroatoms. The van der Waals surface area contributed by atoms with E-state index < -0.39 is 10.2 Å². The van der Waals surface area contributed by atoms with Gasteiger partial charge in [-0.15, -0.1) is 0 Å². The lowest BCUT2D eigenvalue weighted by Gasteiger charge is -2.34. The van der Waals surface area contributed by atoms with Crippen LogP contribution in [0.25, 0.3) is 0 Å². The van der Waals surface area contributed by atoms with Crippen molar-refractivity contribution in [2.75, 3.05) is 65.6 Å². The Hall–Kier alpha value is -0.740. The number of carbonyl (C=O) groups is 1. The molecular weight excluding hydrogens is 320 g/mol. The second-order valence-corrected chi connectivity index (χ2v) is 7.64. The van der Waals surface area contributed by atoms with Crippen molar-refractivity contribution in [2.24, 2.45) is 0 Å². The maximum atomic E-state index is 12.3. The van der Waals surface area contributed by atoms with Gasteiger partial charge in [-0.1, -0.05) is 6.92 Å². The monoisotopic (exact) mass is 348 g/mol. The van der Waals surface area contributed by atoms with Gasteiger partial charge in [0.15, 0.2) is 0 Å². The molecule has 2 fully saturated rings. The van der Waals surface area contributed by atoms with E-state index >= 15 is 0 Å². The van der Waals surface area contributed by atoms with Crippen LogP contribution in [0.5, 0.6) is 0 Å². The summed E-state index contributed by atoms with van der Waals surface area (Å²) in [5.74, 6) is 0.107. The summed E-state index contributed by atoms with van der Waals surface area (Å²) in [6.07, 6.45) is 1.25. The number of piperazine rings is 1. The average Bonchev–Trinajstić information content (AvgIpc) is 2.59. The molecule has 0 unspecified atom stereocenters. The molecule has 2 rings (SSSR count). The fourth-order valence-electron chi connectivity index (χ4n) is 2.74. The molecule has 0 saturated carbocycles. The van der Waals surface area contributed by atoms with E-state index in [0.717, 1.165) is 39.3 Å². The molecule has 0 atom stereocenters. The summed E-state index contributed by atoms with van der Waals surface area (Å²) in [6.45, 7) is 8.00. The average molecular weight is 348 g/mol. The molecule has 2 aliphatic rings. The number of hydrogen-bond donors (Lipinski definition) is 1. The Bertz CT molecular complexity index is 471. The summed E-state index contributed by atoms with van der Waals surface area (Å²) >= 11 is 0. The van der Waals surface area contributed by atoms with E-state index in [1.165, 1.54) is 4.31 Å². The summed E-state index contributed by atoms with van der Waals surface area (Å²) in [7, 11) is -3.40. The second-order valence-electron chi connectivity index (χ2n) is 5.88. The van der Waals surface area contributed by atoms with Crippen LogP contribution in [0.1, 0.15) is 19.8 Å². The van der Waals surface area contributed by atoms with Crippen LogP contribution in [0.3, 0.4) is 0 Å². The van der Waals surface area contributed by atoms with Crippen LogP contribution >= 0.6 is 0 Å². The third-order valence-electron chi connectivity index (χ3n) is 4.21. The molecule has 1 amide bonds. The number of morpholine rings is 1. The Morgan fingerprint density at radius 2 is 1.74 bits per heavy atom. The number of nitrogens with zero attached hydrogens (tertiary/aromatic N) is 3. The summed E-state index contributed by atoms with van der Waals surface area (Å²) < 4.78 is 33.4. The van der Waals surface area contributed by atoms with Gasteiger partial charge >= 0.3 is 0 Å². The van der Waals surface area contributed by atoms with E-state index in [4.69, 9.17) is 4.74 Å². The van der Waals surface area contributed by atoms with Crippen molar-refractivity contribution in [1.29, 1.82) is 0 Å². The first-order valence-electron chi connectivity index (χ1n) is 8.35. The fourth-order valence-corrected chi connectivity index (χ4v) is 4.03. The van der Waals surface area contributed by atoms with Crippen molar-refractivity contribution >= 4 is 16.1 Å². The van der Waals surface area contributed by atoms with Crippen LogP contribution in [0.15, 0.2) is 0 Å². The molecule has 0 aliphatic carbocycles. The van der Waals surface area contributed by atoms with Crippen LogP contribution in [0, 0.1) is 0 Å². The van der Waals surface area contributed by atoms with Gasteiger partial charge in [0.25, 0.3) is 10.2 Å². The topological polar surface area (TPSA) is 82.2 Å². The van der Waals surface area contributed by atoms with Crippen LogP contribution in [0.4, 0.5) is 0 Å². The highest BCUT2D eigenvalue weighted by Gasteiger charge is 2.28. The predicted octanol–water partition coefficient (Wildman–Crippen LogP) is -0.903. The van der Waals surface area contributed by atoms with Crippen LogP contribution in [-0.4, -0.2) is 94.0 Å². The number of hydrogen-bond acceptors (Lipinski definition) is 5. The molecule has 2 aliphatic heterocycles. The Morgan fingerprint density at radius 1 is 1.09 bits per heavy atom. The third-order valence-corrected chi connectivity index (χ3v) is 5.83. The Labute approximate surface area is 138 Å². The minimum Gasteiger partial charge on any atom is -0.379 e. The van der Waals surface area contributed by atoms with Gasteiger partial charge in [0.05, 0.1) is 13.2 Å². The third kappa shape index (κ3) is 5.68. The first-order valence-corrected chi connectivity index (χ1v) is 9.79. The highest BCUT2D eigenvalue weighted by molar-refractivity contribution is 7.87. The zero-order valence-electron chi connectivity index (χ0n) is 13.9. The van der Waals surface area contributed by atoms with E-state index in [-0.39, 0.29) is 5.91 Å². The van der Waals surface area contributed by atoms with Crippen molar-refractivity contribution in [2.45, 2.75) is 19.8 Å². The van der Waals surface area contributed by atoms with E-state index in [2.05, 4.69) is 9.62 Å². The van der Waals surface area contributed by atoms with E-state index in [1.54, 1.807) is 4.90 Å². The molecule has 2 saturated heterocycles. The molecule has 1 N–H and O–H groups in total. The lowest BCUT2D eigenvalue weighted by atomic mass is 10.3. The molecular formula is C14H28N4O4S. The lowest BCUT2D eigenvalue weighted by Crippen LogP contribution is -2.53. The minimum absolute atomic E-state index is 0.107. The number of amides is 1. The van der Waals surface area contributed by atoms with Gasteiger partial charge in [-0.25, -0.2) is 4.72 Å². The molecule has 0 radical (unpaired) electrons. The highest BCUT2D eigenvalue weighted by Crippen LogP contribution is 2.08. The number of ether oxygens (including phenoxy) is 1. The molecule has 134 valence electrons. The van der Waals surface area contributed by atoms with E-state index in [0.29, 0.717) is 39.1 Å².